The Labute approximate surface area is 138 Å². The van der Waals surface area contributed by atoms with Gasteiger partial charge in [0.1, 0.15) is 0 Å². The minimum Gasteiger partial charge on any atom is -0.380 e. The van der Waals surface area contributed by atoms with Crippen LogP contribution in [0, 0.1) is 6.92 Å². The maximum Gasteiger partial charge on any atom is 0.255 e. The summed E-state index contributed by atoms with van der Waals surface area (Å²) in [5.74, 6) is 0.0187. The molecule has 23 heavy (non-hydrogen) atoms. The van der Waals surface area contributed by atoms with Gasteiger partial charge in [0.05, 0.1) is 11.3 Å². The van der Waals surface area contributed by atoms with Gasteiger partial charge in [-0.1, -0.05) is 43.2 Å². The molecule has 1 N–H and O–H groups in total. The highest BCUT2D eigenvalue weighted by Gasteiger charge is 2.12. The molecule has 122 valence electrons. The first-order valence-electron chi connectivity index (χ1n) is 8.10. The molecule has 4 heteroatoms. The van der Waals surface area contributed by atoms with Crippen molar-refractivity contribution in [3.8, 4) is 0 Å². The maximum atomic E-state index is 12.4. The number of aromatic nitrogens is 1. The van der Waals surface area contributed by atoms with Crippen LogP contribution in [0.4, 0.5) is 5.69 Å². The summed E-state index contributed by atoms with van der Waals surface area (Å²) >= 11 is 0. The van der Waals surface area contributed by atoms with E-state index in [-0.39, 0.29) is 5.91 Å². The van der Waals surface area contributed by atoms with Crippen molar-refractivity contribution in [1.82, 2.24) is 9.88 Å². The Hall–Kier alpha value is -2.36. The number of carbonyl (C=O) groups excluding carboxylic acids is 1. The largest absolute Gasteiger partial charge is 0.380 e. The van der Waals surface area contributed by atoms with E-state index >= 15 is 0 Å². The highest BCUT2D eigenvalue weighted by molar-refractivity contribution is 5.94. The van der Waals surface area contributed by atoms with Gasteiger partial charge < -0.3 is 10.2 Å². The van der Waals surface area contributed by atoms with Crippen molar-refractivity contribution in [2.75, 3.05) is 18.9 Å². The first kappa shape index (κ1) is 17.0. The predicted molar refractivity (Wildman–Crippen MR) is 94.6 cm³/mol. The van der Waals surface area contributed by atoms with E-state index < -0.39 is 0 Å². The smallest absolute Gasteiger partial charge is 0.255 e. The lowest BCUT2D eigenvalue weighted by atomic mass is 10.1. The van der Waals surface area contributed by atoms with Gasteiger partial charge in [-0.05, 0) is 25.0 Å². The topological polar surface area (TPSA) is 45.2 Å². The van der Waals surface area contributed by atoms with E-state index in [2.05, 4.69) is 42.3 Å². The molecule has 0 aliphatic rings. The highest BCUT2D eigenvalue weighted by atomic mass is 16.2. The summed E-state index contributed by atoms with van der Waals surface area (Å²) in [7, 11) is 1.84. The van der Waals surface area contributed by atoms with Crippen LogP contribution in [0.1, 0.15) is 41.3 Å². The molecule has 0 saturated carbocycles. The fourth-order valence-electron chi connectivity index (χ4n) is 2.40. The van der Waals surface area contributed by atoms with Crippen molar-refractivity contribution in [1.29, 1.82) is 0 Å². The number of amides is 1. The lowest BCUT2D eigenvalue weighted by Gasteiger charge is -2.17. The van der Waals surface area contributed by atoms with E-state index in [1.54, 1.807) is 17.3 Å². The van der Waals surface area contributed by atoms with Crippen LogP contribution in [0.3, 0.4) is 0 Å². The van der Waals surface area contributed by atoms with E-state index in [9.17, 15) is 4.79 Å². The second-order valence-electron chi connectivity index (χ2n) is 5.89. The van der Waals surface area contributed by atoms with Crippen molar-refractivity contribution in [3.63, 3.8) is 0 Å². The van der Waals surface area contributed by atoms with Crippen LogP contribution in [0.5, 0.6) is 0 Å². The summed E-state index contributed by atoms with van der Waals surface area (Å²) in [5.41, 5.74) is 3.93. The Morgan fingerprint density at radius 3 is 2.83 bits per heavy atom. The summed E-state index contributed by atoms with van der Waals surface area (Å²) in [6.45, 7) is 5.69. The third-order valence-electron chi connectivity index (χ3n) is 3.76. The zero-order valence-electron chi connectivity index (χ0n) is 14.2. The van der Waals surface area contributed by atoms with Crippen LogP contribution in [0.2, 0.25) is 0 Å². The van der Waals surface area contributed by atoms with E-state index in [0.717, 1.165) is 25.1 Å². The third kappa shape index (κ3) is 5.09. The van der Waals surface area contributed by atoms with Crippen molar-refractivity contribution < 1.29 is 4.79 Å². The minimum atomic E-state index is 0.0187. The Bertz CT molecular complexity index is 655. The Balaban J connectivity index is 2.00. The summed E-state index contributed by atoms with van der Waals surface area (Å²) in [5, 5.41) is 3.33. The second kappa shape index (κ2) is 8.32. The molecule has 2 rings (SSSR count). The number of hydrogen-bond donors (Lipinski definition) is 1. The van der Waals surface area contributed by atoms with E-state index in [0.29, 0.717) is 12.1 Å². The molecule has 0 bridgehead atoms. The van der Waals surface area contributed by atoms with Gasteiger partial charge in [0.25, 0.3) is 5.91 Å². The normalized spacial score (nSPS) is 10.4. The SMILES string of the molecule is CCCCN(C)C(=O)c1cncc(NCc2cccc(C)c2)c1. The Morgan fingerprint density at radius 2 is 2.09 bits per heavy atom. The van der Waals surface area contributed by atoms with Gasteiger partial charge >= 0.3 is 0 Å². The van der Waals surface area contributed by atoms with Crippen molar-refractivity contribution in [3.05, 3.63) is 59.4 Å². The van der Waals surface area contributed by atoms with Crippen LogP contribution in [-0.4, -0.2) is 29.4 Å². The van der Waals surface area contributed by atoms with E-state index in [4.69, 9.17) is 0 Å². The van der Waals surface area contributed by atoms with Gasteiger partial charge in [0.2, 0.25) is 0 Å². The van der Waals surface area contributed by atoms with Crippen LogP contribution < -0.4 is 5.32 Å². The quantitative estimate of drug-likeness (QED) is 0.844. The molecule has 0 spiro atoms. The highest BCUT2D eigenvalue weighted by Crippen LogP contribution is 2.13. The first-order valence-corrected chi connectivity index (χ1v) is 8.10. The fourth-order valence-corrected chi connectivity index (χ4v) is 2.40. The van der Waals surface area contributed by atoms with Crippen molar-refractivity contribution >= 4 is 11.6 Å². The van der Waals surface area contributed by atoms with Crippen molar-refractivity contribution in [2.24, 2.45) is 0 Å². The molecule has 4 nitrogen and oxygen atoms in total. The monoisotopic (exact) mass is 311 g/mol. The summed E-state index contributed by atoms with van der Waals surface area (Å²) in [4.78, 5) is 18.3. The lowest BCUT2D eigenvalue weighted by molar-refractivity contribution is 0.0793. The number of nitrogens with zero attached hydrogens (tertiary/aromatic N) is 2. The molecule has 1 amide bonds. The van der Waals surface area contributed by atoms with Gasteiger partial charge in [-0.2, -0.15) is 0 Å². The number of rotatable bonds is 7. The number of anilines is 1. The number of hydrogen-bond acceptors (Lipinski definition) is 3. The van der Waals surface area contributed by atoms with Gasteiger partial charge in [-0.25, -0.2) is 0 Å². The Kier molecular flexibility index (Phi) is 6.15. The first-order chi connectivity index (χ1) is 11.1. The number of benzene rings is 1. The molecular formula is C19H25N3O. The molecule has 0 atom stereocenters. The van der Waals surface area contributed by atoms with Crippen LogP contribution in [0.25, 0.3) is 0 Å². The number of unbranched alkanes of at least 4 members (excludes halogenated alkanes) is 1. The average Bonchev–Trinajstić information content (AvgIpc) is 2.57. The second-order valence-corrected chi connectivity index (χ2v) is 5.89. The van der Waals surface area contributed by atoms with Gasteiger partial charge in [0.15, 0.2) is 0 Å². The van der Waals surface area contributed by atoms with Crippen LogP contribution in [0.15, 0.2) is 42.7 Å². The Morgan fingerprint density at radius 1 is 1.26 bits per heavy atom. The lowest BCUT2D eigenvalue weighted by Crippen LogP contribution is -2.27. The van der Waals surface area contributed by atoms with Gasteiger partial charge in [0, 0.05) is 32.5 Å². The average molecular weight is 311 g/mol. The van der Waals surface area contributed by atoms with E-state index in [1.165, 1.54) is 11.1 Å². The number of carbonyl (C=O) groups is 1. The molecule has 0 unspecified atom stereocenters. The van der Waals surface area contributed by atoms with Gasteiger partial charge in [-0.3, -0.25) is 9.78 Å². The summed E-state index contributed by atoms with van der Waals surface area (Å²) in [6.07, 6.45) is 5.47. The molecule has 0 fully saturated rings. The third-order valence-corrected chi connectivity index (χ3v) is 3.76. The van der Waals surface area contributed by atoms with Gasteiger partial charge in [-0.15, -0.1) is 0 Å². The van der Waals surface area contributed by atoms with Crippen molar-refractivity contribution in [2.45, 2.75) is 33.2 Å². The predicted octanol–water partition coefficient (Wildman–Crippen LogP) is 3.87. The van der Waals surface area contributed by atoms with Crippen LogP contribution in [-0.2, 0) is 6.54 Å². The molecular weight excluding hydrogens is 286 g/mol. The fraction of sp³-hybridized carbons (Fsp3) is 0.368. The minimum absolute atomic E-state index is 0.0187. The van der Waals surface area contributed by atoms with E-state index in [1.807, 2.05) is 19.2 Å². The molecule has 1 heterocycles. The maximum absolute atomic E-state index is 12.4. The zero-order chi connectivity index (χ0) is 16.7. The number of pyridine rings is 1. The standard InChI is InChI=1S/C19H25N3O/c1-4-5-9-22(3)19(23)17-11-18(14-20-13-17)21-12-16-8-6-7-15(2)10-16/h6-8,10-11,13-14,21H,4-5,9,12H2,1-3H3. The zero-order valence-corrected chi connectivity index (χ0v) is 14.2. The molecule has 0 saturated heterocycles. The molecule has 1 aromatic heterocycles. The molecule has 2 aromatic rings. The van der Waals surface area contributed by atoms with Crippen LogP contribution >= 0.6 is 0 Å². The summed E-state index contributed by atoms with van der Waals surface area (Å²) in [6, 6.07) is 10.2. The summed E-state index contributed by atoms with van der Waals surface area (Å²) < 4.78 is 0. The number of nitrogens with one attached hydrogen (secondary N) is 1. The molecule has 0 aliphatic carbocycles. The molecule has 0 aliphatic heterocycles. The molecule has 0 radical (unpaired) electrons. The number of aryl methyl sites for hydroxylation is 1. The molecule has 1 aromatic carbocycles.